The molecule has 1 N–H and O–H groups in total. The molecule has 0 aliphatic carbocycles. The van der Waals surface area contributed by atoms with Crippen molar-refractivity contribution in [1.82, 2.24) is 4.90 Å². The zero-order valence-corrected chi connectivity index (χ0v) is 5.98. The highest BCUT2D eigenvalue weighted by atomic mass is 15.1. The molecule has 0 spiro atoms. The molecule has 0 unspecified atom stereocenters. The Morgan fingerprint density at radius 1 is 1.33 bits per heavy atom. The fraction of sp³-hybridized carbons (Fsp3) is 0.857. The molecule has 1 saturated heterocycles. The van der Waals surface area contributed by atoms with Gasteiger partial charge in [-0.25, -0.2) is 0 Å². The molecule has 0 aromatic rings. The van der Waals surface area contributed by atoms with Crippen molar-refractivity contribution in [2.24, 2.45) is 0 Å². The standard InChI is InChI=1S/C7H14N2/c1-9-6-4-2-3-5-7(9)8/h8H,2-6H2,1H3. The van der Waals surface area contributed by atoms with Crippen LogP contribution in [0.25, 0.3) is 0 Å². The maximum atomic E-state index is 7.46. The fourth-order valence-corrected chi connectivity index (χ4v) is 1.14. The lowest BCUT2D eigenvalue weighted by Crippen LogP contribution is -2.24. The normalized spacial score (nSPS) is 21.9. The van der Waals surface area contributed by atoms with E-state index in [1.807, 2.05) is 11.9 Å². The van der Waals surface area contributed by atoms with Gasteiger partial charge in [-0.2, -0.15) is 0 Å². The first-order valence-corrected chi connectivity index (χ1v) is 3.59. The summed E-state index contributed by atoms with van der Waals surface area (Å²) in [5, 5.41) is 7.46. The van der Waals surface area contributed by atoms with E-state index in [4.69, 9.17) is 5.41 Å². The molecule has 0 bridgehead atoms. The molecule has 0 aromatic carbocycles. The summed E-state index contributed by atoms with van der Waals surface area (Å²) in [6, 6.07) is 0. The molecule has 52 valence electrons. The van der Waals surface area contributed by atoms with Crippen molar-refractivity contribution in [2.75, 3.05) is 13.6 Å². The highest BCUT2D eigenvalue weighted by molar-refractivity contribution is 5.78. The number of likely N-dealkylation sites (tertiary alicyclic amines) is 1. The average Bonchev–Trinajstić information content (AvgIpc) is 1.99. The third kappa shape index (κ3) is 1.70. The minimum Gasteiger partial charge on any atom is -0.364 e. The quantitative estimate of drug-likeness (QED) is 0.523. The van der Waals surface area contributed by atoms with Gasteiger partial charge in [-0.1, -0.05) is 6.42 Å². The molecule has 1 fully saturated rings. The molecule has 1 heterocycles. The average molecular weight is 126 g/mol. The number of nitrogens with zero attached hydrogens (tertiary/aromatic N) is 1. The molecule has 0 saturated carbocycles. The van der Waals surface area contributed by atoms with Crippen LogP contribution in [0.5, 0.6) is 0 Å². The van der Waals surface area contributed by atoms with Gasteiger partial charge in [0.1, 0.15) is 0 Å². The topological polar surface area (TPSA) is 27.1 Å². The van der Waals surface area contributed by atoms with Crippen molar-refractivity contribution in [3.8, 4) is 0 Å². The first-order chi connectivity index (χ1) is 4.30. The molecule has 1 aliphatic rings. The number of amidine groups is 1. The highest BCUT2D eigenvalue weighted by Gasteiger charge is 2.07. The first-order valence-electron chi connectivity index (χ1n) is 3.59. The third-order valence-electron chi connectivity index (χ3n) is 1.87. The van der Waals surface area contributed by atoms with Crippen molar-refractivity contribution in [3.63, 3.8) is 0 Å². The molecule has 9 heavy (non-hydrogen) atoms. The second kappa shape index (κ2) is 2.85. The maximum Gasteiger partial charge on any atom is 0.0955 e. The molecule has 0 atom stereocenters. The van der Waals surface area contributed by atoms with Crippen LogP contribution in [0.4, 0.5) is 0 Å². The van der Waals surface area contributed by atoms with Crippen molar-refractivity contribution < 1.29 is 0 Å². The number of hydrogen-bond donors (Lipinski definition) is 1. The molecule has 2 nitrogen and oxygen atoms in total. The highest BCUT2D eigenvalue weighted by Crippen LogP contribution is 2.08. The van der Waals surface area contributed by atoms with Gasteiger partial charge in [0.25, 0.3) is 0 Å². The molecule has 2 heteroatoms. The Labute approximate surface area is 56.4 Å². The Hall–Kier alpha value is -0.530. The first kappa shape index (κ1) is 6.59. The lowest BCUT2D eigenvalue weighted by Gasteiger charge is -2.15. The smallest absolute Gasteiger partial charge is 0.0955 e. The van der Waals surface area contributed by atoms with Crippen LogP contribution < -0.4 is 0 Å². The van der Waals surface area contributed by atoms with Gasteiger partial charge >= 0.3 is 0 Å². The third-order valence-corrected chi connectivity index (χ3v) is 1.87. The van der Waals surface area contributed by atoms with Gasteiger partial charge in [0.2, 0.25) is 0 Å². The second-order valence-corrected chi connectivity index (χ2v) is 2.68. The van der Waals surface area contributed by atoms with Crippen LogP contribution in [0.1, 0.15) is 25.7 Å². The zero-order chi connectivity index (χ0) is 6.69. The SMILES string of the molecule is CN1CCCCCC1=N. The van der Waals surface area contributed by atoms with E-state index >= 15 is 0 Å². The molecule has 0 amide bonds. The van der Waals surface area contributed by atoms with E-state index in [2.05, 4.69) is 0 Å². The van der Waals surface area contributed by atoms with E-state index < -0.39 is 0 Å². The van der Waals surface area contributed by atoms with Crippen LogP contribution in [0.3, 0.4) is 0 Å². The van der Waals surface area contributed by atoms with Gasteiger partial charge in [0.05, 0.1) is 5.84 Å². The van der Waals surface area contributed by atoms with Gasteiger partial charge in [0, 0.05) is 20.0 Å². The summed E-state index contributed by atoms with van der Waals surface area (Å²) in [6.07, 6.45) is 4.76. The predicted molar refractivity (Wildman–Crippen MR) is 38.8 cm³/mol. The Bertz CT molecular complexity index is 109. The van der Waals surface area contributed by atoms with Gasteiger partial charge < -0.3 is 4.90 Å². The minimum absolute atomic E-state index is 0.813. The lowest BCUT2D eigenvalue weighted by molar-refractivity contribution is 0.492. The fourth-order valence-electron chi connectivity index (χ4n) is 1.14. The van der Waals surface area contributed by atoms with Crippen molar-refractivity contribution in [2.45, 2.75) is 25.7 Å². The summed E-state index contributed by atoms with van der Waals surface area (Å²) in [4.78, 5) is 2.05. The van der Waals surface area contributed by atoms with Gasteiger partial charge in [-0.15, -0.1) is 0 Å². The number of nitrogens with one attached hydrogen (secondary N) is 1. The molecular formula is C7H14N2. The lowest BCUT2D eigenvalue weighted by atomic mass is 10.2. The molecule has 1 aliphatic heterocycles. The van der Waals surface area contributed by atoms with Gasteiger partial charge in [-0.05, 0) is 12.8 Å². The maximum absolute atomic E-state index is 7.46. The van der Waals surface area contributed by atoms with Crippen LogP contribution >= 0.6 is 0 Å². The zero-order valence-electron chi connectivity index (χ0n) is 5.98. The summed E-state index contributed by atoms with van der Waals surface area (Å²) in [7, 11) is 2.01. The van der Waals surface area contributed by atoms with E-state index in [0.29, 0.717) is 0 Å². The molecule has 0 radical (unpaired) electrons. The Balaban J connectivity index is 2.41. The van der Waals surface area contributed by atoms with Crippen molar-refractivity contribution in [3.05, 3.63) is 0 Å². The van der Waals surface area contributed by atoms with Crippen molar-refractivity contribution in [1.29, 1.82) is 5.41 Å². The Kier molecular flexibility index (Phi) is 2.09. The molecule has 0 aromatic heterocycles. The largest absolute Gasteiger partial charge is 0.364 e. The summed E-state index contributed by atoms with van der Waals surface area (Å²) in [5.74, 6) is 0.813. The van der Waals surface area contributed by atoms with E-state index in [0.717, 1.165) is 18.8 Å². The summed E-state index contributed by atoms with van der Waals surface area (Å²) >= 11 is 0. The van der Waals surface area contributed by atoms with E-state index in [1.165, 1.54) is 19.3 Å². The number of hydrogen-bond acceptors (Lipinski definition) is 1. The second-order valence-electron chi connectivity index (χ2n) is 2.68. The Morgan fingerprint density at radius 2 is 2.11 bits per heavy atom. The summed E-state index contributed by atoms with van der Waals surface area (Å²) in [5.41, 5.74) is 0. The monoisotopic (exact) mass is 126 g/mol. The molecular weight excluding hydrogens is 112 g/mol. The van der Waals surface area contributed by atoms with E-state index in [9.17, 15) is 0 Å². The number of rotatable bonds is 0. The summed E-state index contributed by atoms with van der Waals surface area (Å²) in [6.45, 7) is 1.08. The van der Waals surface area contributed by atoms with E-state index in [1.54, 1.807) is 0 Å². The van der Waals surface area contributed by atoms with Crippen LogP contribution in [-0.4, -0.2) is 24.3 Å². The van der Waals surface area contributed by atoms with Crippen molar-refractivity contribution >= 4 is 5.84 Å². The minimum atomic E-state index is 0.813. The van der Waals surface area contributed by atoms with Crippen LogP contribution in [0.2, 0.25) is 0 Å². The molecule has 1 rings (SSSR count). The van der Waals surface area contributed by atoms with Crippen LogP contribution in [-0.2, 0) is 0 Å². The van der Waals surface area contributed by atoms with Gasteiger partial charge in [0.15, 0.2) is 0 Å². The predicted octanol–water partition coefficient (Wildman–Crippen LogP) is 1.47. The van der Waals surface area contributed by atoms with Crippen LogP contribution in [0, 0.1) is 5.41 Å². The van der Waals surface area contributed by atoms with Crippen LogP contribution in [0.15, 0.2) is 0 Å². The van der Waals surface area contributed by atoms with E-state index in [-0.39, 0.29) is 0 Å². The Morgan fingerprint density at radius 3 is 2.89 bits per heavy atom. The van der Waals surface area contributed by atoms with Gasteiger partial charge in [-0.3, -0.25) is 5.41 Å². The summed E-state index contributed by atoms with van der Waals surface area (Å²) < 4.78 is 0.